The molecule has 2 heterocycles. The van der Waals surface area contributed by atoms with Gasteiger partial charge in [-0.05, 0) is 18.6 Å². The van der Waals surface area contributed by atoms with Crippen LogP contribution in [0.4, 0.5) is 0 Å². The molecule has 0 aliphatic heterocycles. The minimum atomic E-state index is -3.54. The van der Waals surface area contributed by atoms with Crippen LogP contribution in [-0.2, 0) is 19.5 Å². The maximum Gasteiger partial charge on any atom is 0.256 e. The average molecular weight is 375 g/mol. The number of ether oxygens (including phenoxy) is 2. The molecule has 0 radical (unpaired) electrons. The summed E-state index contributed by atoms with van der Waals surface area (Å²) < 4.78 is 41.3. The topological polar surface area (TPSA) is 96.5 Å². The van der Waals surface area contributed by atoms with Crippen LogP contribution in [0.15, 0.2) is 28.0 Å². The van der Waals surface area contributed by atoms with E-state index in [9.17, 15) is 8.42 Å². The molecular weight excluding hydrogens is 354 g/mol. The SMILES string of the molecule is CCCS(=O)(=O)n1nc(-c2ccco2)nc1SCCOCCOC. The summed E-state index contributed by atoms with van der Waals surface area (Å²) >= 11 is 1.28. The largest absolute Gasteiger partial charge is 0.461 e. The quantitative estimate of drug-likeness (QED) is 0.434. The van der Waals surface area contributed by atoms with Crippen molar-refractivity contribution in [2.24, 2.45) is 0 Å². The number of methoxy groups -OCH3 is 1. The van der Waals surface area contributed by atoms with Crippen molar-refractivity contribution in [1.29, 1.82) is 0 Å². The van der Waals surface area contributed by atoms with Crippen molar-refractivity contribution < 1.29 is 22.3 Å². The van der Waals surface area contributed by atoms with E-state index in [4.69, 9.17) is 13.9 Å². The Bertz CT molecular complexity index is 713. The van der Waals surface area contributed by atoms with Crippen LogP contribution in [0.3, 0.4) is 0 Å². The number of hydrogen-bond donors (Lipinski definition) is 0. The Balaban J connectivity index is 2.12. The van der Waals surface area contributed by atoms with Gasteiger partial charge in [0.25, 0.3) is 10.0 Å². The third-order valence-corrected chi connectivity index (χ3v) is 5.62. The summed E-state index contributed by atoms with van der Waals surface area (Å²) in [5, 5.41) is 4.42. The Morgan fingerprint density at radius 2 is 2.17 bits per heavy atom. The lowest BCUT2D eigenvalue weighted by atomic mass is 10.4. The fourth-order valence-electron chi connectivity index (χ4n) is 1.84. The third-order valence-electron chi connectivity index (χ3n) is 2.91. The van der Waals surface area contributed by atoms with Crippen molar-refractivity contribution in [2.75, 3.05) is 38.4 Å². The molecule has 0 saturated carbocycles. The van der Waals surface area contributed by atoms with Crippen molar-refractivity contribution in [3.05, 3.63) is 18.4 Å². The number of hydrogen-bond acceptors (Lipinski definition) is 8. The molecule has 0 amide bonds. The van der Waals surface area contributed by atoms with E-state index in [0.29, 0.717) is 42.9 Å². The highest BCUT2D eigenvalue weighted by Gasteiger charge is 2.22. The highest BCUT2D eigenvalue weighted by atomic mass is 32.2. The van der Waals surface area contributed by atoms with Gasteiger partial charge in [-0.25, -0.2) is 8.42 Å². The number of aromatic nitrogens is 3. The van der Waals surface area contributed by atoms with Gasteiger partial charge in [-0.1, -0.05) is 18.7 Å². The minimum Gasteiger partial charge on any atom is -0.461 e. The smallest absolute Gasteiger partial charge is 0.256 e. The molecule has 2 rings (SSSR count). The molecule has 134 valence electrons. The normalized spacial score (nSPS) is 11.9. The lowest BCUT2D eigenvalue weighted by Crippen LogP contribution is -2.19. The minimum absolute atomic E-state index is 0.00581. The molecule has 2 aromatic heterocycles. The summed E-state index contributed by atoms with van der Waals surface area (Å²) in [5.41, 5.74) is 0. The first-order chi connectivity index (χ1) is 11.6. The first kappa shape index (κ1) is 19.0. The molecule has 2 aromatic rings. The summed E-state index contributed by atoms with van der Waals surface area (Å²) in [6, 6.07) is 3.39. The molecule has 24 heavy (non-hydrogen) atoms. The van der Waals surface area contributed by atoms with Crippen LogP contribution in [-0.4, -0.2) is 61.0 Å². The molecule has 10 heteroatoms. The maximum atomic E-state index is 12.4. The Morgan fingerprint density at radius 1 is 1.33 bits per heavy atom. The summed E-state index contributed by atoms with van der Waals surface area (Å²) in [7, 11) is -1.94. The zero-order chi connectivity index (χ0) is 17.4. The highest BCUT2D eigenvalue weighted by molar-refractivity contribution is 7.99. The lowest BCUT2D eigenvalue weighted by molar-refractivity contribution is 0.0790. The van der Waals surface area contributed by atoms with Gasteiger partial charge in [-0.15, -0.1) is 9.19 Å². The molecule has 0 aromatic carbocycles. The van der Waals surface area contributed by atoms with Gasteiger partial charge in [0.15, 0.2) is 5.76 Å². The van der Waals surface area contributed by atoms with Crippen molar-refractivity contribution >= 4 is 21.8 Å². The van der Waals surface area contributed by atoms with E-state index in [1.54, 1.807) is 26.2 Å². The third kappa shape index (κ3) is 5.07. The van der Waals surface area contributed by atoms with Crippen molar-refractivity contribution in [3.8, 4) is 11.6 Å². The van der Waals surface area contributed by atoms with Crippen LogP contribution >= 0.6 is 11.8 Å². The lowest BCUT2D eigenvalue weighted by Gasteiger charge is -2.06. The Hall–Kier alpha value is -1.36. The molecule has 0 spiro atoms. The average Bonchev–Trinajstić information content (AvgIpc) is 3.20. The van der Waals surface area contributed by atoms with E-state index in [0.717, 1.165) is 4.09 Å². The second-order valence-corrected chi connectivity index (χ2v) is 7.79. The van der Waals surface area contributed by atoms with Gasteiger partial charge >= 0.3 is 0 Å². The summed E-state index contributed by atoms with van der Waals surface area (Å²) in [6.07, 6.45) is 2.00. The molecule has 0 unspecified atom stereocenters. The van der Waals surface area contributed by atoms with Crippen molar-refractivity contribution in [3.63, 3.8) is 0 Å². The van der Waals surface area contributed by atoms with E-state index < -0.39 is 10.0 Å². The van der Waals surface area contributed by atoms with E-state index in [1.807, 2.05) is 0 Å². The predicted octanol–water partition coefficient (Wildman–Crippen LogP) is 1.88. The number of rotatable bonds is 11. The van der Waals surface area contributed by atoms with Crippen molar-refractivity contribution in [1.82, 2.24) is 14.2 Å². The Labute approximate surface area is 145 Å². The van der Waals surface area contributed by atoms with Gasteiger partial charge in [0.1, 0.15) is 0 Å². The molecular formula is C14H21N3O5S2. The zero-order valence-electron chi connectivity index (χ0n) is 13.7. The monoisotopic (exact) mass is 375 g/mol. The summed E-state index contributed by atoms with van der Waals surface area (Å²) in [4.78, 5) is 4.30. The second-order valence-electron chi connectivity index (χ2n) is 4.81. The second kappa shape index (κ2) is 9.21. The summed E-state index contributed by atoms with van der Waals surface area (Å²) in [6.45, 7) is 3.28. The number of nitrogens with zero attached hydrogens (tertiary/aromatic N) is 3. The van der Waals surface area contributed by atoms with Crippen LogP contribution in [0.25, 0.3) is 11.6 Å². The van der Waals surface area contributed by atoms with Crippen LogP contribution in [0.5, 0.6) is 0 Å². The van der Waals surface area contributed by atoms with Gasteiger partial charge in [0.05, 0.1) is 31.8 Å². The van der Waals surface area contributed by atoms with E-state index >= 15 is 0 Å². The van der Waals surface area contributed by atoms with Gasteiger partial charge < -0.3 is 13.9 Å². The Kier molecular flexibility index (Phi) is 7.28. The van der Waals surface area contributed by atoms with Crippen LogP contribution in [0.1, 0.15) is 13.3 Å². The van der Waals surface area contributed by atoms with Gasteiger partial charge in [0, 0.05) is 12.9 Å². The van der Waals surface area contributed by atoms with E-state index in [-0.39, 0.29) is 11.6 Å². The molecule has 0 aliphatic carbocycles. The van der Waals surface area contributed by atoms with Gasteiger partial charge in [0.2, 0.25) is 11.0 Å². The molecule has 0 N–H and O–H groups in total. The van der Waals surface area contributed by atoms with Crippen LogP contribution in [0.2, 0.25) is 0 Å². The molecule has 0 aliphatic rings. The molecule has 0 saturated heterocycles. The van der Waals surface area contributed by atoms with E-state index in [2.05, 4.69) is 10.1 Å². The van der Waals surface area contributed by atoms with Crippen molar-refractivity contribution in [2.45, 2.75) is 18.5 Å². The predicted molar refractivity (Wildman–Crippen MR) is 90.6 cm³/mol. The Morgan fingerprint density at radius 3 is 2.83 bits per heavy atom. The van der Waals surface area contributed by atoms with Crippen LogP contribution in [0, 0.1) is 0 Å². The standard InChI is InChI=1S/C14H21N3O5S2/c1-3-11-24(18,19)17-14(23-10-9-21-8-7-20-2)15-13(16-17)12-5-4-6-22-12/h4-6H,3,7-11H2,1-2H3. The van der Waals surface area contributed by atoms with Gasteiger partial charge in [-0.3, -0.25) is 0 Å². The number of furan rings is 1. The molecule has 0 atom stereocenters. The molecule has 0 bridgehead atoms. The highest BCUT2D eigenvalue weighted by Crippen LogP contribution is 2.23. The van der Waals surface area contributed by atoms with Gasteiger partial charge in [-0.2, -0.15) is 4.98 Å². The fraction of sp³-hybridized carbons (Fsp3) is 0.571. The van der Waals surface area contributed by atoms with Crippen LogP contribution < -0.4 is 0 Å². The molecule has 8 nitrogen and oxygen atoms in total. The number of thioether (sulfide) groups is 1. The summed E-state index contributed by atoms with van der Waals surface area (Å²) in [5.74, 6) is 1.24. The zero-order valence-corrected chi connectivity index (χ0v) is 15.3. The first-order valence-electron chi connectivity index (χ1n) is 7.52. The van der Waals surface area contributed by atoms with E-state index in [1.165, 1.54) is 18.0 Å². The fourth-order valence-corrected chi connectivity index (χ4v) is 4.20. The maximum absolute atomic E-state index is 12.4. The molecule has 0 fully saturated rings. The first-order valence-corrected chi connectivity index (χ1v) is 10.1.